The number of carbonyl (C=O) groups is 2. The summed E-state index contributed by atoms with van der Waals surface area (Å²) in [5.74, 6) is 0.0503. The molecule has 1 atom stereocenters. The molecule has 0 aliphatic heterocycles. The van der Waals surface area contributed by atoms with E-state index in [-0.39, 0.29) is 29.7 Å². The van der Waals surface area contributed by atoms with Gasteiger partial charge in [-0.3, -0.25) is 9.59 Å². The maximum Gasteiger partial charge on any atom is 0.264 e. The molecule has 0 aliphatic carbocycles. The number of amides is 1. The molecule has 0 saturated carbocycles. The first kappa shape index (κ1) is 21.2. The molecule has 154 valence electrons. The molecule has 7 heteroatoms. The fraction of sp³-hybridized carbons (Fsp3) is 0.409. The van der Waals surface area contributed by atoms with Crippen LogP contribution in [0.2, 0.25) is 0 Å². The number of carbonyl (C=O) groups excluding carboxylic acids is 2. The van der Waals surface area contributed by atoms with Crippen molar-refractivity contribution in [3.8, 4) is 0 Å². The second-order valence-corrected chi connectivity index (χ2v) is 8.35. The van der Waals surface area contributed by atoms with Gasteiger partial charge < -0.3 is 15.1 Å². The summed E-state index contributed by atoms with van der Waals surface area (Å²) in [6.07, 6.45) is 2.43. The first-order valence-electron chi connectivity index (χ1n) is 9.98. The number of oxazole rings is 1. The molecule has 1 aromatic carbocycles. The Morgan fingerprint density at radius 1 is 1.14 bits per heavy atom. The van der Waals surface area contributed by atoms with Gasteiger partial charge >= 0.3 is 0 Å². The van der Waals surface area contributed by atoms with Crippen LogP contribution >= 0.6 is 11.3 Å². The lowest BCUT2D eigenvalue weighted by atomic mass is 10.1. The maximum absolute atomic E-state index is 12.6. The topological polar surface area (TPSA) is 84.2 Å². The van der Waals surface area contributed by atoms with Crippen molar-refractivity contribution in [3.63, 3.8) is 0 Å². The second kappa shape index (κ2) is 10.3. The summed E-state index contributed by atoms with van der Waals surface area (Å²) in [4.78, 5) is 30.2. The third-order valence-corrected chi connectivity index (χ3v) is 5.40. The molecule has 3 rings (SSSR count). The lowest BCUT2D eigenvalue weighted by Gasteiger charge is -2.20. The number of hydrogen-bond donors (Lipinski definition) is 2. The zero-order chi connectivity index (χ0) is 20.6. The highest BCUT2D eigenvalue weighted by atomic mass is 32.1. The number of nitrogens with zero attached hydrogens (tertiary/aromatic N) is 1. The first-order valence-corrected chi connectivity index (χ1v) is 10.9. The van der Waals surface area contributed by atoms with E-state index < -0.39 is 0 Å². The van der Waals surface area contributed by atoms with Gasteiger partial charge in [-0.1, -0.05) is 32.0 Å². The van der Waals surface area contributed by atoms with Crippen LogP contribution in [-0.2, 0) is 11.2 Å². The molecular formula is C22H27N3O3S. The van der Waals surface area contributed by atoms with Crippen LogP contribution in [0.1, 0.15) is 48.7 Å². The standard InChI is InChI=1S/C22H27N3O3S/c1-15(2)24-18(14-16-8-7-13-29-16)21(27)23-12-6-5-10-19(26)22-25-17-9-3-4-11-20(17)28-22/h3-4,7-9,11,13,15,18,24H,5-6,10,12,14H2,1-2H3,(H,23,27)/t18-/m0/s1. The molecule has 6 nitrogen and oxygen atoms in total. The van der Waals surface area contributed by atoms with Crippen LogP contribution in [-0.4, -0.2) is 35.3 Å². The van der Waals surface area contributed by atoms with Crippen molar-refractivity contribution in [1.29, 1.82) is 0 Å². The largest absolute Gasteiger partial charge is 0.434 e. The number of ketones is 1. The van der Waals surface area contributed by atoms with Crippen molar-refractivity contribution in [2.24, 2.45) is 0 Å². The number of aromatic nitrogens is 1. The van der Waals surface area contributed by atoms with Crippen LogP contribution in [0.4, 0.5) is 0 Å². The fourth-order valence-electron chi connectivity index (χ4n) is 3.10. The minimum atomic E-state index is -0.255. The number of thiophene rings is 1. The molecule has 2 aromatic heterocycles. The van der Waals surface area contributed by atoms with Crippen LogP contribution in [0.5, 0.6) is 0 Å². The minimum absolute atomic E-state index is 0.00243. The maximum atomic E-state index is 12.6. The van der Waals surface area contributed by atoms with E-state index in [2.05, 4.69) is 15.6 Å². The summed E-state index contributed by atoms with van der Waals surface area (Å²) in [5.41, 5.74) is 1.31. The molecule has 2 N–H and O–H groups in total. The van der Waals surface area contributed by atoms with Crippen molar-refractivity contribution in [3.05, 3.63) is 52.5 Å². The summed E-state index contributed by atoms with van der Waals surface area (Å²) in [6.45, 7) is 4.61. The van der Waals surface area contributed by atoms with E-state index >= 15 is 0 Å². The fourth-order valence-corrected chi connectivity index (χ4v) is 3.86. The number of fused-ring (bicyclic) bond motifs is 1. The number of para-hydroxylation sites is 2. The Morgan fingerprint density at radius 3 is 2.69 bits per heavy atom. The zero-order valence-corrected chi connectivity index (χ0v) is 17.6. The van der Waals surface area contributed by atoms with Crippen LogP contribution in [0, 0.1) is 0 Å². The van der Waals surface area contributed by atoms with Gasteiger partial charge in [0.25, 0.3) is 5.89 Å². The summed E-state index contributed by atoms with van der Waals surface area (Å²) < 4.78 is 5.51. The number of Topliss-reactive ketones (excluding diaryl/α,β-unsaturated/α-hetero) is 1. The normalized spacial score (nSPS) is 12.4. The Labute approximate surface area is 174 Å². The second-order valence-electron chi connectivity index (χ2n) is 7.32. The van der Waals surface area contributed by atoms with Crippen molar-refractivity contribution in [1.82, 2.24) is 15.6 Å². The van der Waals surface area contributed by atoms with E-state index in [0.29, 0.717) is 36.9 Å². The third kappa shape index (κ3) is 6.24. The van der Waals surface area contributed by atoms with Crippen LogP contribution < -0.4 is 10.6 Å². The Bertz CT molecular complexity index is 901. The lowest BCUT2D eigenvalue weighted by molar-refractivity contribution is -0.123. The molecule has 0 spiro atoms. The highest BCUT2D eigenvalue weighted by molar-refractivity contribution is 7.09. The summed E-state index contributed by atoms with van der Waals surface area (Å²) >= 11 is 1.66. The molecule has 0 saturated heterocycles. The van der Waals surface area contributed by atoms with Crippen LogP contribution in [0.15, 0.2) is 46.2 Å². The highest BCUT2D eigenvalue weighted by Gasteiger charge is 2.20. The Hall–Kier alpha value is -2.51. The monoisotopic (exact) mass is 413 g/mol. The van der Waals surface area contributed by atoms with Gasteiger partial charge in [-0.2, -0.15) is 0 Å². The summed E-state index contributed by atoms with van der Waals surface area (Å²) in [5, 5.41) is 8.34. The molecule has 0 aliphatic rings. The van der Waals surface area contributed by atoms with E-state index in [9.17, 15) is 9.59 Å². The van der Waals surface area contributed by atoms with Crippen molar-refractivity contribution >= 4 is 34.1 Å². The van der Waals surface area contributed by atoms with E-state index in [0.717, 1.165) is 6.42 Å². The molecule has 2 heterocycles. The van der Waals surface area contributed by atoms with Gasteiger partial charge in [0.05, 0.1) is 6.04 Å². The quantitative estimate of drug-likeness (QED) is 0.367. The third-order valence-electron chi connectivity index (χ3n) is 4.50. The SMILES string of the molecule is CC(C)N[C@@H](Cc1cccs1)C(=O)NCCCCC(=O)c1nc2ccccc2o1. The summed E-state index contributed by atoms with van der Waals surface area (Å²) in [6, 6.07) is 11.3. The average Bonchev–Trinajstić information content (AvgIpc) is 3.36. The molecular weight excluding hydrogens is 386 g/mol. The number of rotatable bonds is 11. The predicted molar refractivity (Wildman–Crippen MR) is 115 cm³/mol. The molecule has 0 unspecified atom stereocenters. The number of nitrogens with one attached hydrogen (secondary N) is 2. The van der Waals surface area contributed by atoms with Gasteiger partial charge in [-0.05, 0) is 36.4 Å². The van der Waals surface area contributed by atoms with Gasteiger partial charge in [0, 0.05) is 30.3 Å². The Balaban J connectivity index is 1.41. The van der Waals surface area contributed by atoms with Crippen molar-refractivity contribution in [2.75, 3.05) is 6.54 Å². The lowest BCUT2D eigenvalue weighted by Crippen LogP contribution is -2.48. The van der Waals surface area contributed by atoms with Gasteiger partial charge in [-0.15, -0.1) is 11.3 Å². The van der Waals surface area contributed by atoms with E-state index in [1.54, 1.807) is 17.4 Å². The molecule has 1 amide bonds. The number of hydrogen-bond acceptors (Lipinski definition) is 6. The van der Waals surface area contributed by atoms with E-state index in [4.69, 9.17) is 4.42 Å². The number of unbranched alkanes of at least 4 members (excludes halogenated alkanes) is 1. The smallest absolute Gasteiger partial charge is 0.264 e. The predicted octanol–water partition coefficient (Wildman–Crippen LogP) is 3.97. The van der Waals surface area contributed by atoms with Gasteiger partial charge in [0.1, 0.15) is 5.52 Å². The van der Waals surface area contributed by atoms with Crippen molar-refractivity contribution in [2.45, 2.75) is 51.6 Å². The average molecular weight is 414 g/mol. The van der Waals surface area contributed by atoms with E-state index in [1.807, 2.05) is 49.6 Å². The Morgan fingerprint density at radius 2 is 1.97 bits per heavy atom. The van der Waals surface area contributed by atoms with Gasteiger partial charge in [0.15, 0.2) is 5.58 Å². The summed E-state index contributed by atoms with van der Waals surface area (Å²) in [7, 11) is 0. The number of benzene rings is 1. The molecule has 0 radical (unpaired) electrons. The van der Waals surface area contributed by atoms with Crippen LogP contribution in [0.25, 0.3) is 11.1 Å². The van der Waals surface area contributed by atoms with E-state index in [1.165, 1.54) is 4.88 Å². The highest BCUT2D eigenvalue weighted by Crippen LogP contribution is 2.16. The van der Waals surface area contributed by atoms with Crippen LogP contribution in [0.3, 0.4) is 0 Å². The van der Waals surface area contributed by atoms with Gasteiger partial charge in [0.2, 0.25) is 11.7 Å². The molecule has 3 aromatic rings. The zero-order valence-electron chi connectivity index (χ0n) is 16.8. The van der Waals surface area contributed by atoms with Crippen molar-refractivity contribution < 1.29 is 14.0 Å². The molecule has 0 bridgehead atoms. The molecule has 29 heavy (non-hydrogen) atoms. The minimum Gasteiger partial charge on any atom is -0.434 e. The van der Waals surface area contributed by atoms with Gasteiger partial charge in [-0.25, -0.2) is 4.98 Å². The Kier molecular flexibility index (Phi) is 7.55. The first-order chi connectivity index (χ1) is 14.0. The molecule has 0 fully saturated rings.